The molecule has 136 valence electrons. The second-order valence-electron chi connectivity index (χ2n) is 6.31. The molecule has 2 aromatic carbocycles. The molecular formula is C23H17N3O2. The van der Waals surface area contributed by atoms with Crippen LogP contribution in [0.15, 0.2) is 83.5 Å². The molecule has 4 rings (SSSR count). The van der Waals surface area contributed by atoms with Crippen molar-refractivity contribution in [1.82, 2.24) is 4.57 Å². The van der Waals surface area contributed by atoms with E-state index in [-0.39, 0.29) is 17.0 Å². The van der Waals surface area contributed by atoms with Crippen LogP contribution in [-0.4, -0.2) is 10.5 Å². The molecule has 4 aromatic rings. The number of aryl methyl sites for hydroxylation is 1. The van der Waals surface area contributed by atoms with Crippen LogP contribution < -0.4 is 5.32 Å². The summed E-state index contributed by atoms with van der Waals surface area (Å²) in [5, 5.41) is 12.4. The minimum atomic E-state index is -0.372. The van der Waals surface area contributed by atoms with Gasteiger partial charge in [-0.3, -0.25) is 9.36 Å². The summed E-state index contributed by atoms with van der Waals surface area (Å²) in [6, 6.07) is 23.3. The lowest BCUT2D eigenvalue weighted by molar-refractivity contribution is 0.102. The average molecular weight is 367 g/mol. The van der Waals surface area contributed by atoms with Gasteiger partial charge in [-0.15, -0.1) is 0 Å². The SMILES string of the molecule is Cc1oc(-n2cccc2)c(C#N)c1C(=O)Nc1ccc(-c2ccccc2)cc1. The maximum Gasteiger partial charge on any atom is 0.260 e. The third-order valence-corrected chi connectivity index (χ3v) is 4.49. The Morgan fingerprint density at radius 2 is 1.61 bits per heavy atom. The first kappa shape index (κ1) is 17.4. The smallest absolute Gasteiger partial charge is 0.260 e. The minimum absolute atomic E-state index is 0.215. The highest BCUT2D eigenvalue weighted by atomic mass is 16.4. The number of benzene rings is 2. The molecule has 0 bridgehead atoms. The highest BCUT2D eigenvalue weighted by Crippen LogP contribution is 2.27. The van der Waals surface area contributed by atoms with E-state index < -0.39 is 0 Å². The van der Waals surface area contributed by atoms with Crippen LogP contribution >= 0.6 is 0 Å². The molecule has 0 aliphatic heterocycles. The number of amides is 1. The fourth-order valence-corrected chi connectivity index (χ4v) is 3.13. The molecule has 0 aliphatic rings. The quantitative estimate of drug-likeness (QED) is 0.541. The normalized spacial score (nSPS) is 10.4. The predicted molar refractivity (Wildman–Crippen MR) is 107 cm³/mol. The molecular weight excluding hydrogens is 350 g/mol. The van der Waals surface area contributed by atoms with Gasteiger partial charge in [0.2, 0.25) is 5.88 Å². The molecule has 5 heteroatoms. The van der Waals surface area contributed by atoms with Crippen molar-refractivity contribution >= 4 is 11.6 Å². The summed E-state index contributed by atoms with van der Waals surface area (Å²) in [4.78, 5) is 12.8. The van der Waals surface area contributed by atoms with Gasteiger partial charge < -0.3 is 9.73 Å². The first-order valence-electron chi connectivity index (χ1n) is 8.81. The summed E-state index contributed by atoms with van der Waals surface area (Å²) in [6.45, 7) is 1.68. The zero-order chi connectivity index (χ0) is 19.5. The standard InChI is InChI=1S/C23H17N3O2/c1-16-21(20(15-24)23(28-16)26-13-5-6-14-26)22(27)25-19-11-9-18(10-12-19)17-7-3-2-4-8-17/h2-14H,1H3,(H,25,27). The maximum atomic E-state index is 12.8. The van der Waals surface area contributed by atoms with Crippen LogP contribution in [0.25, 0.3) is 17.0 Å². The van der Waals surface area contributed by atoms with Gasteiger partial charge in [0, 0.05) is 18.1 Å². The number of rotatable bonds is 4. The molecule has 1 amide bonds. The first-order valence-corrected chi connectivity index (χ1v) is 8.81. The van der Waals surface area contributed by atoms with Crippen molar-refractivity contribution in [3.8, 4) is 23.1 Å². The summed E-state index contributed by atoms with van der Waals surface area (Å²) >= 11 is 0. The average Bonchev–Trinajstić information content (AvgIpc) is 3.36. The van der Waals surface area contributed by atoms with Gasteiger partial charge >= 0.3 is 0 Å². The van der Waals surface area contributed by atoms with Gasteiger partial charge in [-0.05, 0) is 42.3 Å². The zero-order valence-corrected chi connectivity index (χ0v) is 15.2. The number of hydrogen-bond donors (Lipinski definition) is 1. The number of aromatic nitrogens is 1. The van der Waals surface area contributed by atoms with Crippen LogP contribution in [0.3, 0.4) is 0 Å². The Morgan fingerprint density at radius 3 is 2.25 bits per heavy atom. The second-order valence-corrected chi connectivity index (χ2v) is 6.31. The Bertz CT molecular complexity index is 1150. The van der Waals surface area contributed by atoms with Gasteiger partial charge in [0.15, 0.2) is 0 Å². The molecule has 0 spiro atoms. The van der Waals surface area contributed by atoms with Crippen molar-refractivity contribution in [3.63, 3.8) is 0 Å². The van der Waals surface area contributed by atoms with E-state index in [1.807, 2.05) is 66.7 Å². The van der Waals surface area contributed by atoms with Gasteiger partial charge in [-0.2, -0.15) is 5.26 Å². The molecule has 5 nitrogen and oxygen atoms in total. The number of nitriles is 1. The Hall–Kier alpha value is -4.04. The van der Waals surface area contributed by atoms with Crippen molar-refractivity contribution in [2.24, 2.45) is 0 Å². The van der Waals surface area contributed by atoms with Gasteiger partial charge in [-0.1, -0.05) is 42.5 Å². The van der Waals surface area contributed by atoms with Crippen LogP contribution in [0.2, 0.25) is 0 Å². The highest BCUT2D eigenvalue weighted by molar-refractivity contribution is 6.07. The van der Waals surface area contributed by atoms with E-state index in [0.717, 1.165) is 11.1 Å². The van der Waals surface area contributed by atoms with E-state index in [0.29, 0.717) is 17.3 Å². The predicted octanol–water partition coefficient (Wildman–Crippen LogP) is 5.17. The van der Waals surface area contributed by atoms with E-state index in [2.05, 4.69) is 11.4 Å². The van der Waals surface area contributed by atoms with Gasteiger partial charge in [0.25, 0.3) is 5.91 Å². The van der Waals surface area contributed by atoms with Crippen LogP contribution in [0, 0.1) is 18.3 Å². The van der Waals surface area contributed by atoms with Crippen LogP contribution in [0.1, 0.15) is 21.7 Å². The molecule has 0 radical (unpaired) electrons. The second kappa shape index (κ2) is 7.29. The van der Waals surface area contributed by atoms with Crippen LogP contribution in [0.5, 0.6) is 0 Å². The number of hydrogen-bond acceptors (Lipinski definition) is 3. The molecule has 2 aromatic heterocycles. The maximum absolute atomic E-state index is 12.8. The largest absolute Gasteiger partial charge is 0.443 e. The topological polar surface area (TPSA) is 71.0 Å². The van der Waals surface area contributed by atoms with E-state index in [4.69, 9.17) is 4.42 Å². The van der Waals surface area contributed by atoms with E-state index in [9.17, 15) is 10.1 Å². The summed E-state index contributed by atoms with van der Waals surface area (Å²) in [7, 11) is 0. The lowest BCUT2D eigenvalue weighted by atomic mass is 10.1. The number of anilines is 1. The molecule has 0 fully saturated rings. The van der Waals surface area contributed by atoms with Crippen molar-refractivity contribution < 1.29 is 9.21 Å². The number of carbonyl (C=O) groups is 1. The fraction of sp³-hybridized carbons (Fsp3) is 0.0435. The van der Waals surface area contributed by atoms with Crippen molar-refractivity contribution in [3.05, 3.63) is 96.0 Å². The van der Waals surface area contributed by atoms with Gasteiger partial charge in [-0.25, -0.2) is 0 Å². The molecule has 1 N–H and O–H groups in total. The third kappa shape index (κ3) is 3.19. The van der Waals surface area contributed by atoms with Gasteiger partial charge in [0.05, 0.1) is 0 Å². The van der Waals surface area contributed by atoms with E-state index >= 15 is 0 Å². The molecule has 0 unspecified atom stereocenters. The summed E-state index contributed by atoms with van der Waals surface area (Å²) < 4.78 is 7.37. The lowest BCUT2D eigenvalue weighted by Gasteiger charge is -2.07. The summed E-state index contributed by atoms with van der Waals surface area (Å²) in [5.41, 5.74) is 3.28. The number of nitrogens with one attached hydrogen (secondary N) is 1. The third-order valence-electron chi connectivity index (χ3n) is 4.49. The Kier molecular flexibility index (Phi) is 4.53. The number of carbonyl (C=O) groups excluding carboxylic acids is 1. The monoisotopic (exact) mass is 367 g/mol. The summed E-state index contributed by atoms with van der Waals surface area (Å²) in [6.07, 6.45) is 3.53. The Morgan fingerprint density at radius 1 is 0.964 bits per heavy atom. The van der Waals surface area contributed by atoms with Crippen LogP contribution in [-0.2, 0) is 0 Å². The van der Waals surface area contributed by atoms with Crippen molar-refractivity contribution in [2.45, 2.75) is 6.92 Å². The molecule has 2 heterocycles. The zero-order valence-electron chi connectivity index (χ0n) is 15.2. The number of furan rings is 1. The molecule has 0 aliphatic carbocycles. The molecule has 0 saturated heterocycles. The van der Waals surface area contributed by atoms with Crippen molar-refractivity contribution in [2.75, 3.05) is 5.32 Å². The van der Waals surface area contributed by atoms with E-state index in [1.54, 1.807) is 23.9 Å². The number of nitrogens with zero attached hydrogens (tertiary/aromatic N) is 2. The summed E-state index contributed by atoms with van der Waals surface area (Å²) in [5.74, 6) is 0.372. The lowest BCUT2D eigenvalue weighted by Crippen LogP contribution is -2.13. The highest BCUT2D eigenvalue weighted by Gasteiger charge is 2.24. The Balaban J connectivity index is 1.60. The van der Waals surface area contributed by atoms with Crippen LogP contribution in [0.4, 0.5) is 5.69 Å². The molecule has 28 heavy (non-hydrogen) atoms. The Labute approximate surface area is 162 Å². The van der Waals surface area contributed by atoms with Crippen molar-refractivity contribution in [1.29, 1.82) is 5.26 Å². The van der Waals surface area contributed by atoms with Gasteiger partial charge in [0.1, 0.15) is 23.0 Å². The minimum Gasteiger partial charge on any atom is -0.443 e. The molecule has 0 saturated carbocycles. The fourth-order valence-electron chi connectivity index (χ4n) is 3.13. The van der Waals surface area contributed by atoms with E-state index in [1.165, 1.54) is 0 Å². The molecule has 0 atom stereocenters. The first-order chi connectivity index (χ1) is 13.7.